The van der Waals surface area contributed by atoms with Gasteiger partial charge in [-0.3, -0.25) is 0 Å². The Balaban J connectivity index is 1.53. The highest BCUT2D eigenvalue weighted by Crippen LogP contribution is 2.24. The van der Waals surface area contributed by atoms with Gasteiger partial charge in [-0.2, -0.15) is 11.3 Å². The van der Waals surface area contributed by atoms with Gasteiger partial charge in [-0.05, 0) is 77.9 Å². The minimum Gasteiger partial charge on any atom is -0.313 e. The zero-order valence-corrected chi connectivity index (χ0v) is 13.3. The molecule has 19 heavy (non-hydrogen) atoms. The molecule has 1 aliphatic carbocycles. The Morgan fingerprint density at radius 3 is 3.05 bits per heavy atom. The largest absolute Gasteiger partial charge is 0.313 e. The van der Waals surface area contributed by atoms with Crippen LogP contribution in [0.25, 0.3) is 0 Å². The molecule has 1 atom stereocenters. The average Bonchev–Trinajstić information content (AvgIpc) is 2.92. The molecule has 3 heteroatoms. The lowest BCUT2D eigenvalue weighted by molar-refractivity contribution is 0.461. The van der Waals surface area contributed by atoms with Crippen molar-refractivity contribution in [1.82, 2.24) is 5.32 Å². The fourth-order valence-electron chi connectivity index (χ4n) is 2.75. The van der Waals surface area contributed by atoms with E-state index in [1.54, 1.807) is 11.3 Å². The topological polar surface area (TPSA) is 12.0 Å². The Hall–Kier alpha value is -0.640. The van der Waals surface area contributed by atoms with Crippen LogP contribution >= 0.6 is 27.3 Å². The van der Waals surface area contributed by atoms with Crippen molar-refractivity contribution in [3.05, 3.63) is 56.2 Å². The van der Waals surface area contributed by atoms with Crippen LogP contribution < -0.4 is 5.32 Å². The van der Waals surface area contributed by atoms with E-state index in [-0.39, 0.29) is 0 Å². The summed E-state index contributed by atoms with van der Waals surface area (Å²) in [6, 6.07) is 9.57. The predicted molar refractivity (Wildman–Crippen MR) is 86.0 cm³/mol. The predicted octanol–water partition coefficient (Wildman–Crippen LogP) is 4.20. The van der Waals surface area contributed by atoms with Crippen molar-refractivity contribution in [2.45, 2.75) is 31.7 Å². The Morgan fingerprint density at radius 1 is 1.26 bits per heavy atom. The second kappa shape index (κ2) is 6.21. The molecule has 0 saturated heterocycles. The molecular weight excluding hydrogens is 318 g/mol. The van der Waals surface area contributed by atoms with Crippen LogP contribution in [0.1, 0.15) is 23.1 Å². The van der Waals surface area contributed by atoms with Crippen LogP contribution in [0, 0.1) is 0 Å². The van der Waals surface area contributed by atoms with Crippen LogP contribution in [-0.4, -0.2) is 12.6 Å². The third kappa shape index (κ3) is 3.47. The summed E-state index contributed by atoms with van der Waals surface area (Å²) in [6.45, 7) is 1.09. The smallest absolute Gasteiger partial charge is 0.0178 e. The molecule has 0 radical (unpaired) electrons. The van der Waals surface area contributed by atoms with Crippen molar-refractivity contribution in [2.24, 2.45) is 0 Å². The van der Waals surface area contributed by atoms with E-state index in [4.69, 9.17) is 0 Å². The molecular formula is C16H18BrNS. The molecule has 1 heterocycles. The molecule has 0 saturated carbocycles. The van der Waals surface area contributed by atoms with Crippen LogP contribution in [0.3, 0.4) is 0 Å². The molecule has 1 nitrogen and oxygen atoms in total. The van der Waals surface area contributed by atoms with Gasteiger partial charge < -0.3 is 5.32 Å². The number of aryl methyl sites for hydroxylation is 1. The summed E-state index contributed by atoms with van der Waals surface area (Å²) in [5.41, 5.74) is 4.49. The van der Waals surface area contributed by atoms with Gasteiger partial charge in [0.1, 0.15) is 0 Å². The lowest BCUT2D eigenvalue weighted by Gasteiger charge is -2.25. The minimum atomic E-state index is 0.646. The van der Waals surface area contributed by atoms with Gasteiger partial charge in [-0.1, -0.05) is 22.0 Å². The summed E-state index contributed by atoms with van der Waals surface area (Å²) in [6.07, 6.45) is 4.78. The van der Waals surface area contributed by atoms with E-state index in [1.807, 2.05) is 0 Å². The Kier molecular flexibility index (Phi) is 4.36. The van der Waals surface area contributed by atoms with Gasteiger partial charge in [0.25, 0.3) is 0 Å². The van der Waals surface area contributed by atoms with Crippen molar-refractivity contribution >= 4 is 27.3 Å². The van der Waals surface area contributed by atoms with Gasteiger partial charge in [0.05, 0.1) is 0 Å². The molecule has 0 spiro atoms. The van der Waals surface area contributed by atoms with E-state index in [2.05, 4.69) is 56.3 Å². The third-order valence-electron chi connectivity index (χ3n) is 3.82. The van der Waals surface area contributed by atoms with Crippen LogP contribution in [0.15, 0.2) is 39.5 Å². The van der Waals surface area contributed by atoms with Gasteiger partial charge in [0, 0.05) is 10.5 Å². The fraction of sp³-hybridized carbons (Fsp3) is 0.375. The Labute approximate surface area is 127 Å². The number of rotatable bonds is 4. The molecule has 100 valence electrons. The van der Waals surface area contributed by atoms with Gasteiger partial charge in [-0.15, -0.1) is 0 Å². The van der Waals surface area contributed by atoms with E-state index >= 15 is 0 Å². The molecule has 0 aliphatic heterocycles. The maximum absolute atomic E-state index is 3.71. The number of hydrogen-bond acceptors (Lipinski definition) is 2. The molecule has 2 aromatic rings. The number of fused-ring (bicyclic) bond motifs is 1. The second-order valence-electron chi connectivity index (χ2n) is 5.19. The van der Waals surface area contributed by atoms with E-state index in [9.17, 15) is 0 Å². The SMILES string of the molecule is Brc1ccc2c(c1)CCC(NCCc1ccsc1)C2. The highest BCUT2D eigenvalue weighted by Gasteiger charge is 2.17. The molecule has 1 aliphatic rings. The van der Waals surface area contributed by atoms with E-state index in [1.165, 1.54) is 40.4 Å². The highest BCUT2D eigenvalue weighted by molar-refractivity contribution is 9.10. The van der Waals surface area contributed by atoms with Crippen LogP contribution in [-0.2, 0) is 19.3 Å². The molecule has 0 amide bonds. The zero-order chi connectivity index (χ0) is 13.1. The third-order valence-corrected chi connectivity index (χ3v) is 5.05. The first-order valence-electron chi connectivity index (χ1n) is 6.83. The van der Waals surface area contributed by atoms with Crippen molar-refractivity contribution in [3.8, 4) is 0 Å². The van der Waals surface area contributed by atoms with Gasteiger partial charge in [0.2, 0.25) is 0 Å². The summed E-state index contributed by atoms with van der Waals surface area (Å²) in [5.74, 6) is 0. The van der Waals surface area contributed by atoms with Crippen molar-refractivity contribution in [2.75, 3.05) is 6.54 Å². The van der Waals surface area contributed by atoms with E-state index < -0.39 is 0 Å². The molecule has 0 bridgehead atoms. The molecule has 3 rings (SSSR count). The first-order valence-corrected chi connectivity index (χ1v) is 8.56. The first kappa shape index (κ1) is 13.3. The molecule has 1 aromatic heterocycles. The highest BCUT2D eigenvalue weighted by atomic mass is 79.9. The average molecular weight is 336 g/mol. The Morgan fingerprint density at radius 2 is 2.21 bits per heavy atom. The number of hydrogen-bond donors (Lipinski definition) is 1. The summed E-state index contributed by atoms with van der Waals surface area (Å²) >= 11 is 5.34. The number of thiophene rings is 1. The van der Waals surface area contributed by atoms with Crippen molar-refractivity contribution in [3.63, 3.8) is 0 Å². The molecule has 1 aromatic carbocycles. The maximum atomic E-state index is 3.71. The number of halogens is 1. The standard InChI is InChI=1S/C16H18BrNS/c17-15-3-1-14-10-16(4-2-13(14)9-15)18-7-5-12-6-8-19-11-12/h1,3,6,8-9,11,16,18H,2,4-5,7,10H2. The van der Waals surface area contributed by atoms with Crippen LogP contribution in [0.4, 0.5) is 0 Å². The molecule has 1 unspecified atom stereocenters. The van der Waals surface area contributed by atoms with Gasteiger partial charge >= 0.3 is 0 Å². The minimum absolute atomic E-state index is 0.646. The summed E-state index contributed by atoms with van der Waals surface area (Å²) < 4.78 is 1.20. The van der Waals surface area contributed by atoms with Crippen molar-refractivity contribution in [1.29, 1.82) is 0 Å². The maximum Gasteiger partial charge on any atom is 0.0178 e. The monoisotopic (exact) mass is 335 g/mol. The molecule has 1 N–H and O–H groups in total. The summed E-state index contributed by atoms with van der Waals surface area (Å²) in [5, 5.41) is 8.11. The van der Waals surface area contributed by atoms with Gasteiger partial charge in [-0.25, -0.2) is 0 Å². The quantitative estimate of drug-likeness (QED) is 0.882. The van der Waals surface area contributed by atoms with E-state index in [0.29, 0.717) is 6.04 Å². The zero-order valence-electron chi connectivity index (χ0n) is 10.9. The van der Waals surface area contributed by atoms with Gasteiger partial charge in [0.15, 0.2) is 0 Å². The van der Waals surface area contributed by atoms with Crippen molar-refractivity contribution < 1.29 is 0 Å². The van der Waals surface area contributed by atoms with E-state index in [0.717, 1.165) is 13.0 Å². The van der Waals surface area contributed by atoms with Crippen LogP contribution in [0.5, 0.6) is 0 Å². The number of nitrogens with one attached hydrogen (secondary N) is 1. The first-order chi connectivity index (χ1) is 9.31. The lowest BCUT2D eigenvalue weighted by Crippen LogP contribution is -2.35. The second-order valence-corrected chi connectivity index (χ2v) is 6.88. The normalized spacial score (nSPS) is 18.3. The fourth-order valence-corrected chi connectivity index (χ4v) is 3.87. The summed E-state index contributed by atoms with van der Waals surface area (Å²) in [7, 11) is 0. The lowest BCUT2D eigenvalue weighted by atomic mass is 9.88. The van der Waals surface area contributed by atoms with Crippen LogP contribution in [0.2, 0.25) is 0 Å². The summed E-state index contributed by atoms with van der Waals surface area (Å²) in [4.78, 5) is 0. The Bertz CT molecular complexity index is 536. The molecule has 0 fully saturated rings. The number of benzene rings is 1.